The Balaban J connectivity index is 1.44. The van der Waals surface area contributed by atoms with Gasteiger partial charge in [0.15, 0.2) is 11.0 Å². The highest BCUT2D eigenvalue weighted by Crippen LogP contribution is 2.41. The highest BCUT2D eigenvalue weighted by molar-refractivity contribution is 7.98. The molecule has 0 amide bonds. The molecule has 0 unspecified atom stereocenters. The van der Waals surface area contributed by atoms with Crippen LogP contribution in [-0.4, -0.2) is 38.0 Å². The van der Waals surface area contributed by atoms with Crippen molar-refractivity contribution in [3.05, 3.63) is 11.7 Å². The Labute approximate surface area is 158 Å². The smallest absolute Gasteiger partial charge is 0.228 e. The van der Waals surface area contributed by atoms with Crippen LogP contribution in [0.1, 0.15) is 64.2 Å². The molecule has 1 aliphatic carbocycles. The molecular weight excluding hydrogens is 348 g/mol. The lowest BCUT2D eigenvalue weighted by atomic mass is 10.00. The van der Waals surface area contributed by atoms with E-state index in [1.165, 1.54) is 25.7 Å². The van der Waals surface area contributed by atoms with Crippen LogP contribution in [0.15, 0.2) is 9.68 Å². The molecule has 0 radical (unpaired) electrons. The minimum atomic E-state index is 0.517. The van der Waals surface area contributed by atoms with Crippen LogP contribution in [0.5, 0.6) is 0 Å². The molecule has 1 saturated heterocycles. The fourth-order valence-electron chi connectivity index (χ4n) is 3.35. The number of hydrogen-bond donors (Lipinski definition) is 0. The van der Waals surface area contributed by atoms with Gasteiger partial charge in [-0.05, 0) is 37.5 Å². The SMILES string of the molecule is CC(C)Cc1nc(CSc2nnc(N3CCC(C)CC3)n2C2CC2)no1. The van der Waals surface area contributed by atoms with Gasteiger partial charge in [0.2, 0.25) is 11.8 Å². The molecule has 0 atom stereocenters. The molecule has 26 heavy (non-hydrogen) atoms. The van der Waals surface area contributed by atoms with Crippen molar-refractivity contribution in [3.63, 3.8) is 0 Å². The van der Waals surface area contributed by atoms with Crippen molar-refractivity contribution < 1.29 is 4.52 Å². The first kappa shape index (κ1) is 17.8. The Bertz CT molecular complexity index is 730. The molecule has 1 aliphatic heterocycles. The standard InChI is InChI=1S/C18H28N6OS/c1-12(2)10-16-19-15(22-25-16)11-26-18-21-20-17(24(18)14-4-5-14)23-8-6-13(3)7-9-23/h12-14H,4-11H2,1-3H3. The molecule has 3 heterocycles. The summed E-state index contributed by atoms with van der Waals surface area (Å²) in [7, 11) is 0. The van der Waals surface area contributed by atoms with Gasteiger partial charge in [0, 0.05) is 25.6 Å². The molecule has 0 N–H and O–H groups in total. The minimum absolute atomic E-state index is 0.517. The van der Waals surface area contributed by atoms with E-state index in [4.69, 9.17) is 4.52 Å². The topological polar surface area (TPSA) is 72.9 Å². The van der Waals surface area contributed by atoms with Gasteiger partial charge < -0.3 is 9.42 Å². The van der Waals surface area contributed by atoms with E-state index in [9.17, 15) is 0 Å². The van der Waals surface area contributed by atoms with Crippen LogP contribution in [0.4, 0.5) is 5.95 Å². The first-order chi connectivity index (χ1) is 12.6. The molecule has 0 spiro atoms. The normalized spacial score (nSPS) is 18.8. The third kappa shape index (κ3) is 4.05. The predicted octanol–water partition coefficient (Wildman–Crippen LogP) is 3.72. The van der Waals surface area contributed by atoms with E-state index in [1.54, 1.807) is 11.8 Å². The molecular formula is C18H28N6OS. The molecule has 2 aromatic rings. The van der Waals surface area contributed by atoms with Crippen molar-refractivity contribution in [1.82, 2.24) is 24.9 Å². The average Bonchev–Trinajstić information content (AvgIpc) is 3.21. The summed E-state index contributed by atoms with van der Waals surface area (Å²) < 4.78 is 7.68. The second kappa shape index (κ2) is 7.58. The van der Waals surface area contributed by atoms with Crippen molar-refractivity contribution in [3.8, 4) is 0 Å². The van der Waals surface area contributed by atoms with Crippen LogP contribution < -0.4 is 4.90 Å². The van der Waals surface area contributed by atoms with Crippen LogP contribution in [0.2, 0.25) is 0 Å². The van der Waals surface area contributed by atoms with Gasteiger partial charge in [0.1, 0.15) is 0 Å². The number of anilines is 1. The third-order valence-electron chi connectivity index (χ3n) is 5.05. The van der Waals surface area contributed by atoms with Gasteiger partial charge >= 0.3 is 0 Å². The van der Waals surface area contributed by atoms with E-state index >= 15 is 0 Å². The first-order valence-corrected chi connectivity index (χ1v) is 10.7. The molecule has 1 saturated carbocycles. The second-order valence-corrected chi connectivity index (χ2v) is 8.99. The Morgan fingerprint density at radius 1 is 1.15 bits per heavy atom. The summed E-state index contributed by atoms with van der Waals surface area (Å²) >= 11 is 1.66. The highest BCUT2D eigenvalue weighted by Gasteiger charge is 2.32. The Morgan fingerprint density at radius 3 is 2.62 bits per heavy atom. The summed E-state index contributed by atoms with van der Waals surface area (Å²) in [6, 6.07) is 0.559. The van der Waals surface area contributed by atoms with Gasteiger partial charge in [-0.1, -0.05) is 37.7 Å². The number of piperidine rings is 1. The van der Waals surface area contributed by atoms with Crippen LogP contribution >= 0.6 is 11.8 Å². The van der Waals surface area contributed by atoms with Crippen LogP contribution in [0.25, 0.3) is 0 Å². The van der Waals surface area contributed by atoms with Crippen molar-refractivity contribution >= 4 is 17.7 Å². The van der Waals surface area contributed by atoms with Gasteiger partial charge in [-0.15, -0.1) is 10.2 Å². The maximum atomic E-state index is 5.34. The second-order valence-electron chi connectivity index (χ2n) is 8.04. The van der Waals surface area contributed by atoms with E-state index in [0.29, 0.717) is 17.7 Å². The molecule has 8 heteroatoms. The largest absolute Gasteiger partial charge is 0.341 e. The summed E-state index contributed by atoms with van der Waals surface area (Å²) in [6.45, 7) is 8.81. The monoisotopic (exact) mass is 376 g/mol. The quantitative estimate of drug-likeness (QED) is 0.682. The predicted molar refractivity (Wildman–Crippen MR) is 101 cm³/mol. The molecule has 0 aromatic carbocycles. The van der Waals surface area contributed by atoms with E-state index < -0.39 is 0 Å². The van der Waals surface area contributed by atoms with E-state index in [2.05, 4.69) is 50.6 Å². The molecule has 2 aliphatic rings. The fraction of sp³-hybridized carbons (Fsp3) is 0.778. The molecule has 7 nitrogen and oxygen atoms in total. The van der Waals surface area contributed by atoms with Crippen LogP contribution in [-0.2, 0) is 12.2 Å². The van der Waals surface area contributed by atoms with Crippen molar-refractivity contribution in [2.75, 3.05) is 18.0 Å². The van der Waals surface area contributed by atoms with Gasteiger partial charge in [0.25, 0.3) is 0 Å². The number of nitrogens with zero attached hydrogens (tertiary/aromatic N) is 6. The van der Waals surface area contributed by atoms with Crippen molar-refractivity contribution in [2.24, 2.45) is 11.8 Å². The van der Waals surface area contributed by atoms with Crippen molar-refractivity contribution in [1.29, 1.82) is 0 Å². The Morgan fingerprint density at radius 2 is 1.92 bits per heavy atom. The number of thioether (sulfide) groups is 1. The number of aromatic nitrogens is 5. The summed E-state index contributed by atoms with van der Waals surface area (Å²) in [4.78, 5) is 6.90. The third-order valence-corrected chi connectivity index (χ3v) is 5.99. The molecule has 142 valence electrons. The van der Waals surface area contributed by atoms with E-state index in [1.807, 2.05) is 0 Å². The lowest BCUT2D eigenvalue weighted by Gasteiger charge is -2.31. The fourth-order valence-corrected chi connectivity index (χ4v) is 4.20. The molecule has 2 aromatic heterocycles. The summed E-state index contributed by atoms with van der Waals surface area (Å²) in [5.41, 5.74) is 0. The maximum absolute atomic E-state index is 5.34. The van der Waals surface area contributed by atoms with Crippen LogP contribution in [0, 0.1) is 11.8 Å². The van der Waals surface area contributed by atoms with Gasteiger partial charge in [0.05, 0.1) is 5.75 Å². The van der Waals surface area contributed by atoms with Crippen molar-refractivity contribution in [2.45, 2.75) is 69.8 Å². The zero-order valence-corrected chi connectivity index (χ0v) is 16.7. The minimum Gasteiger partial charge on any atom is -0.341 e. The van der Waals surface area contributed by atoms with E-state index in [0.717, 1.165) is 48.2 Å². The number of hydrogen-bond acceptors (Lipinski definition) is 7. The summed E-state index contributed by atoms with van der Waals surface area (Å²) in [5.74, 6) is 4.52. The van der Waals surface area contributed by atoms with Gasteiger partial charge in [-0.3, -0.25) is 4.57 Å². The Hall–Kier alpha value is -1.57. The molecule has 2 fully saturated rings. The number of rotatable bonds is 7. The molecule has 0 bridgehead atoms. The van der Waals surface area contributed by atoms with Gasteiger partial charge in [-0.25, -0.2) is 0 Å². The lowest BCUT2D eigenvalue weighted by Crippen LogP contribution is -2.34. The lowest BCUT2D eigenvalue weighted by molar-refractivity contribution is 0.360. The summed E-state index contributed by atoms with van der Waals surface area (Å²) in [6.07, 6.45) is 5.75. The first-order valence-electron chi connectivity index (χ1n) is 9.74. The highest BCUT2D eigenvalue weighted by atomic mass is 32.2. The Kier molecular flexibility index (Phi) is 5.20. The molecule has 4 rings (SSSR count). The van der Waals surface area contributed by atoms with Crippen LogP contribution in [0.3, 0.4) is 0 Å². The summed E-state index contributed by atoms with van der Waals surface area (Å²) in [5, 5.41) is 14.1. The van der Waals surface area contributed by atoms with Gasteiger partial charge in [-0.2, -0.15) is 4.98 Å². The van der Waals surface area contributed by atoms with E-state index in [-0.39, 0.29) is 0 Å². The average molecular weight is 377 g/mol. The maximum Gasteiger partial charge on any atom is 0.228 e. The zero-order valence-electron chi connectivity index (χ0n) is 15.9. The zero-order chi connectivity index (χ0) is 18.1.